The van der Waals surface area contributed by atoms with E-state index in [4.69, 9.17) is 14.3 Å². The van der Waals surface area contributed by atoms with Crippen LogP contribution >= 0.6 is 0 Å². The first-order valence-corrected chi connectivity index (χ1v) is 10.2. The SMILES string of the molecule is CC/C(=C\c1ccc(CO)o1)CC[C@H]1OC[C@H]2C1=C(CO)CS2(=O)=O. The summed E-state index contributed by atoms with van der Waals surface area (Å²) in [6, 6.07) is 3.56. The van der Waals surface area contributed by atoms with Crippen molar-refractivity contribution in [2.24, 2.45) is 0 Å². The molecule has 0 aliphatic carbocycles. The Morgan fingerprint density at radius 1 is 1.32 bits per heavy atom. The summed E-state index contributed by atoms with van der Waals surface area (Å²) < 4.78 is 35.5. The molecule has 0 unspecified atom stereocenters. The van der Waals surface area contributed by atoms with Crippen molar-refractivity contribution in [1.29, 1.82) is 0 Å². The highest BCUT2D eigenvalue weighted by atomic mass is 32.2. The highest BCUT2D eigenvalue weighted by Crippen LogP contribution is 2.38. The number of hydrogen-bond acceptors (Lipinski definition) is 6. The van der Waals surface area contributed by atoms with Crippen LogP contribution in [0.2, 0.25) is 0 Å². The molecule has 1 fully saturated rings. The smallest absolute Gasteiger partial charge is 0.163 e. The summed E-state index contributed by atoms with van der Waals surface area (Å²) in [5, 5.41) is 18.0. The van der Waals surface area contributed by atoms with Gasteiger partial charge in [-0.25, -0.2) is 8.42 Å². The van der Waals surface area contributed by atoms with E-state index in [0.29, 0.717) is 23.5 Å². The highest BCUT2D eigenvalue weighted by molar-refractivity contribution is 7.92. The minimum absolute atomic E-state index is 0.0455. The van der Waals surface area contributed by atoms with E-state index in [-0.39, 0.29) is 31.7 Å². The summed E-state index contributed by atoms with van der Waals surface area (Å²) in [4.78, 5) is 0. The second kappa shape index (κ2) is 7.45. The number of ether oxygens (including phenoxy) is 1. The molecule has 0 saturated carbocycles. The predicted octanol–water partition coefficient (Wildman–Crippen LogP) is 1.83. The van der Waals surface area contributed by atoms with Gasteiger partial charge in [0.2, 0.25) is 0 Å². The van der Waals surface area contributed by atoms with Crippen LogP contribution in [-0.4, -0.2) is 49.0 Å². The minimum Gasteiger partial charge on any atom is -0.459 e. The molecule has 0 amide bonds. The van der Waals surface area contributed by atoms with E-state index in [2.05, 4.69) is 6.92 Å². The highest BCUT2D eigenvalue weighted by Gasteiger charge is 2.46. The van der Waals surface area contributed by atoms with Gasteiger partial charge in [-0.15, -0.1) is 0 Å². The third-order valence-electron chi connectivity index (χ3n) is 4.92. The van der Waals surface area contributed by atoms with Gasteiger partial charge < -0.3 is 19.4 Å². The summed E-state index contributed by atoms with van der Waals surface area (Å²) in [6.07, 6.45) is 3.99. The first-order chi connectivity index (χ1) is 12.0. The van der Waals surface area contributed by atoms with Crippen molar-refractivity contribution < 1.29 is 27.8 Å². The maximum atomic E-state index is 12.1. The van der Waals surface area contributed by atoms with Crippen LogP contribution in [0.1, 0.15) is 37.7 Å². The fourth-order valence-corrected chi connectivity index (χ4v) is 5.51. The van der Waals surface area contributed by atoms with Crippen LogP contribution in [0.25, 0.3) is 6.08 Å². The molecule has 0 radical (unpaired) electrons. The summed E-state index contributed by atoms with van der Waals surface area (Å²) in [5.74, 6) is 1.18. The number of sulfone groups is 1. The van der Waals surface area contributed by atoms with Crippen LogP contribution in [-0.2, 0) is 21.2 Å². The van der Waals surface area contributed by atoms with E-state index < -0.39 is 15.1 Å². The van der Waals surface area contributed by atoms with Gasteiger partial charge in [0.1, 0.15) is 23.4 Å². The summed E-state index contributed by atoms with van der Waals surface area (Å²) in [6.45, 7) is 1.89. The van der Waals surface area contributed by atoms with E-state index in [9.17, 15) is 13.5 Å². The lowest BCUT2D eigenvalue weighted by atomic mass is 9.96. The van der Waals surface area contributed by atoms with Gasteiger partial charge in [-0.2, -0.15) is 0 Å². The van der Waals surface area contributed by atoms with E-state index in [1.54, 1.807) is 6.07 Å². The first-order valence-electron chi connectivity index (χ1n) is 8.53. The molecule has 0 spiro atoms. The number of allylic oxidation sites excluding steroid dienone is 1. The van der Waals surface area contributed by atoms with Gasteiger partial charge in [0.15, 0.2) is 9.84 Å². The maximum Gasteiger partial charge on any atom is 0.163 e. The zero-order chi connectivity index (χ0) is 18.0. The standard InChI is InChI=1S/C18H24O6S/c1-2-12(7-14-4-5-15(9-20)24-14)3-6-16-18-13(8-19)11-25(21,22)17(18)10-23-16/h4-5,7,16-17,19-20H,2-3,6,8-11H2,1H3/b12-7+/t16-,17+/m1/s1. The molecule has 2 N–H and O–H groups in total. The van der Waals surface area contributed by atoms with Gasteiger partial charge in [0, 0.05) is 0 Å². The normalized spacial score (nSPS) is 25.6. The van der Waals surface area contributed by atoms with Crippen LogP contribution < -0.4 is 0 Å². The molecule has 2 aliphatic rings. The molecular formula is C18H24O6S. The van der Waals surface area contributed by atoms with E-state index in [1.807, 2.05) is 12.1 Å². The second-order valence-corrected chi connectivity index (χ2v) is 8.68. The van der Waals surface area contributed by atoms with Crippen LogP contribution in [0.4, 0.5) is 0 Å². The predicted molar refractivity (Wildman–Crippen MR) is 93.6 cm³/mol. The Hall–Kier alpha value is -1.41. The third-order valence-corrected chi connectivity index (χ3v) is 6.92. The quantitative estimate of drug-likeness (QED) is 0.713. The Morgan fingerprint density at radius 3 is 2.76 bits per heavy atom. The topological polar surface area (TPSA) is 97.0 Å². The van der Waals surface area contributed by atoms with Gasteiger partial charge >= 0.3 is 0 Å². The van der Waals surface area contributed by atoms with Crippen molar-refractivity contribution in [3.63, 3.8) is 0 Å². The zero-order valence-electron chi connectivity index (χ0n) is 14.3. The molecular weight excluding hydrogens is 344 g/mol. The second-order valence-electron chi connectivity index (χ2n) is 6.49. The Morgan fingerprint density at radius 2 is 2.12 bits per heavy atom. The van der Waals surface area contributed by atoms with E-state index in [1.165, 1.54) is 0 Å². The summed E-state index contributed by atoms with van der Waals surface area (Å²) >= 11 is 0. The third kappa shape index (κ3) is 3.74. The molecule has 6 nitrogen and oxygen atoms in total. The molecule has 2 aliphatic heterocycles. The zero-order valence-corrected chi connectivity index (χ0v) is 15.1. The molecule has 1 aromatic rings. The summed E-state index contributed by atoms with van der Waals surface area (Å²) in [7, 11) is -3.22. The molecule has 0 bridgehead atoms. The fourth-order valence-electron chi connectivity index (χ4n) is 3.57. The van der Waals surface area contributed by atoms with Crippen LogP contribution in [0.5, 0.6) is 0 Å². The Kier molecular flexibility index (Phi) is 5.48. The Labute approximate surface area is 147 Å². The molecule has 1 saturated heterocycles. The first kappa shape index (κ1) is 18.4. The van der Waals surface area contributed by atoms with Gasteiger partial charge in [-0.05, 0) is 48.6 Å². The number of fused-ring (bicyclic) bond motifs is 1. The number of aliphatic hydroxyl groups excluding tert-OH is 2. The van der Waals surface area contributed by atoms with Crippen LogP contribution in [0.3, 0.4) is 0 Å². The molecule has 1 aromatic heterocycles. The van der Waals surface area contributed by atoms with Crippen LogP contribution in [0.15, 0.2) is 33.3 Å². The monoisotopic (exact) mass is 368 g/mol. The molecule has 3 rings (SSSR count). The molecule has 7 heteroatoms. The molecule has 25 heavy (non-hydrogen) atoms. The number of rotatable bonds is 7. The van der Waals surface area contributed by atoms with Crippen molar-refractivity contribution in [1.82, 2.24) is 0 Å². The lowest BCUT2D eigenvalue weighted by molar-refractivity contribution is 0.117. The number of hydrogen-bond donors (Lipinski definition) is 2. The molecule has 3 heterocycles. The van der Waals surface area contributed by atoms with Crippen molar-refractivity contribution in [2.75, 3.05) is 19.0 Å². The van der Waals surface area contributed by atoms with Crippen LogP contribution in [0, 0.1) is 0 Å². The lowest BCUT2D eigenvalue weighted by Crippen LogP contribution is -2.19. The summed E-state index contributed by atoms with van der Waals surface area (Å²) in [5.41, 5.74) is 2.55. The average molecular weight is 368 g/mol. The Bertz CT molecular complexity index is 786. The largest absolute Gasteiger partial charge is 0.459 e. The minimum atomic E-state index is -3.22. The van der Waals surface area contributed by atoms with Crippen molar-refractivity contribution in [3.8, 4) is 0 Å². The fraction of sp³-hybridized carbons (Fsp3) is 0.556. The van der Waals surface area contributed by atoms with Gasteiger partial charge in [0.25, 0.3) is 0 Å². The average Bonchev–Trinajstić information content (AvgIpc) is 3.28. The lowest BCUT2D eigenvalue weighted by Gasteiger charge is -2.14. The van der Waals surface area contributed by atoms with Gasteiger partial charge in [0.05, 0.1) is 25.1 Å². The molecule has 0 aromatic carbocycles. The van der Waals surface area contributed by atoms with Crippen molar-refractivity contribution in [2.45, 2.75) is 44.1 Å². The van der Waals surface area contributed by atoms with Crippen molar-refractivity contribution in [3.05, 3.63) is 40.4 Å². The van der Waals surface area contributed by atoms with E-state index >= 15 is 0 Å². The van der Waals surface area contributed by atoms with Crippen molar-refractivity contribution >= 4 is 15.9 Å². The van der Waals surface area contributed by atoms with E-state index in [0.717, 1.165) is 24.0 Å². The molecule has 2 atom stereocenters. The maximum absolute atomic E-state index is 12.1. The number of aliphatic hydroxyl groups is 2. The number of furan rings is 1. The van der Waals surface area contributed by atoms with Gasteiger partial charge in [-0.1, -0.05) is 12.5 Å². The molecule has 138 valence electrons. The Balaban J connectivity index is 1.70. The van der Waals surface area contributed by atoms with Gasteiger partial charge in [-0.3, -0.25) is 0 Å².